The molecule has 7 nitrogen and oxygen atoms in total. The van der Waals surface area contributed by atoms with Crippen molar-refractivity contribution in [2.45, 2.75) is 37.6 Å². The molecule has 0 aliphatic carbocycles. The van der Waals surface area contributed by atoms with Crippen LogP contribution in [0, 0.1) is 11.7 Å². The quantitative estimate of drug-likeness (QED) is 0.547. The molecule has 31 heavy (non-hydrogen) atoms. The fourth-order valence-corrected chi connectivity index (χ4v) is 4.29. The van der Waals surface area contributed by atoms with Gasteiger partial charge in [0.25, 0.3) is 0 Å². The number of carbonyl (C=O) groups is 1. The van der Waals surface area contributed by atoms with E-state index in [1.165, 1.54) is 12.1 Å². The van der Waals surface area contributed by atoms with Crippen LogP contribution in [0.1, 0.15) is 25.8 Å². The Morgan fingerprint density at radius 3 is 2.29 bits per heavy atom. The predicted octanol–water partition coefficient (Wildman–Crippen LogP) is 2.89. The number of hydrogen-bond donors (Lipinski definition) is 2. The summed E-state index contributed by atoms with van der Waals surface area (Å²) in [6.07, 6.45) is 1.13. The zero-order chi connectivity index (χ0) is 23.0. The van der Waals surface area contributed by atoms with Crippen LogP contribution in [0.5, 0.6) is 11.5 Å². The third-order valence-electron chi connectivity index (χ3n) is 5.06. The van der Waals surface area contributed by atoms with Crippen molar-refractivity contribution in [3.05, 3.63) is 53.8 Å². The van der Waals surface area contributed by atoms with Gasteiger partial charge in [0.15, 0.2) is 11.5 Å². The number of nitrogens with one attached hydrogen (secondary N) is 2. The fraction of sp³-hybridized carbons (Fsp3) is 0.409. The minimum absolute atomic E-state index is 0.0969. The average Bonchev–Trinajstić information content (AvgIpc) is 2.77. The van der Waals surface area contributed by atoms with E-state index in [9.17, 15) is 17.6 Å². The van der Waals surface area contributed by atoms with Gasteiger partial charge in [-0.05, 0) is 54.3 Å². The molecule has 2 unspecified atom stereocenters. The summed E-state index contributed by atoms with van der Waals surface area (Å²) in [7, 11) is -0.874. The van der Waals surface area contributed by atoms with Crippen molar-refractivity contribution >= 4 is 15.9 Å². The van der Waals surface area contributed by atoms with E-state index >= 15 is 0 Å². The van der Waals surface area contributed by atoms with Crippen LogP contribution < -0.4 is 19.5 Å². The molecule has 0 spiro atoms. The van der Waals surface area contributed by atoms with Crippen molar-refractivity contribution in [1.82, 2.24) is 10.0 Å². The van der Waals surface area contributed by atoms with Crippen molar-refractivity contribution in [3.63, 3.8) is 0 Å². The molecule has 170 valence electrons. The van der Waals surface area contributed by atoms with E-state index in [0.717, 1.165) is 17.7 Å². The van der Waals surface area contributed by atoms with Crippen LogP contribution >= 0.6 is 0 Å². The molecule has 0 heterocycles. The molecule has 2 atom stereocenters. The molecule has 0 fully saturated rings. The molecule has 0 saturated carbocycles. The van der Waals surface area contributed by atoms with Gasteiger partial charge in [-0.25, -0.2) is 12.8 Å². The molecular formula is C22H29FN2O5S. The predicted molar refractivity (Wildman–Crippen MR) is 116 cm³/mol. The minimum Gasteiger partial charge on any atom is -0.493 e. The molecule has 0 aromatic heterocycles. The molecule has 0 radical (unpaired) electrons. The summed E-state index contributed by atoms with van der Waals surface area (Å²) in [4.78, 5) is 12.7. The topological polar surface area (TPSA) is 93.7 Å². The highest BCUT2D eigenvalue weighted by Gasteiger charge is 2.29. The first-order valence-corrected chi connectivity index (χ1v) is 11.5. The smallest absolute Gasteiger partial charge is 0.241 e. The van der Waals surface area contributed by atoms with Gasteiger partial charge in [-0.1, -0.05) is 26.3 Å². The van der Waals surface area contributed by atoms with Crippen molar-refractivity contribution in [2.24, 2.45) is 5.92 Å². The first-order valence-electron chi connectivity index (χ1n) is 9.98. The highest BCUT2D eigenvalue weighted by Crippen LogP contribution is 2.27. The lowest BCUT2D eigenvalue weighted by Gasteiger charge is -2.23. The van der Waals surface area contributed by atoms with Crippen LogP contribution in [0.4, 0.5) is 4.39 Å². The van der Waals surface area contributed by atoms with Gasteiger partial charge in [0, 0.05) is 6.54 Å². The number of ether oxygens (including phenoxy) is 2. The van der Waals surface area contributed by atoms with E-state index in [4.69, 9.17) is 9.47 Å². The summed E-state index contributed by atoms with van der Waals surface area (Å²) in [5, 5.41) is 2.80. The van der Waals surface area contributed by atoms with E-state index in [0.29, 0.717) is 30.9 Å². The lowest BCUT2D eigenvalue weighted by atomic mass is 9.99. The zero-order valence-corrected chi connectivity index (χ0v) is 19.0. The first kappa shape index (κ1) is 24.6. The SMILES string of the molecule is CCC(C)C(NS(=O)(=O)c1ccc(F)cc1)C(=O)NCCc1ccc(OC)c(OC)c1. The molecule has 0 saturated heterocycles. The lowest BCUT2D eigenvalue weighted by molar-refractivity contribution is -0.123. The van der Waals surface area contributed by atoms with Gasteiger partial charge in [-0.3, -0.25) is 4.79 Å². The maximum atomic E-state index is 13.1. The minimum atomic E-state index is -3.98. The van der Waals surface area contributed by atoms with Crippen LogP contribution in [0.25, 0.3) is 0 Å². The number of benzene rings is 2. The highest BCUT2D eigenvalue weighted by atomic mass is 32.2. The standard InChI is InChI=1S/C22H29FN2O5S/c1-5-15(2)21(25-31(27,28)18-9-7-17(23)8-10-18)22(26)24-13-12-16-6-11-19(29-3)20(14-16)30-4/h6-11,14-15,21,25H,5,12-13H2,1-4H3,(H,24,26). The molecule has 9 heteroatoms. The van der Waals surface area contributed by atoms with Crippen molar-refractivity contribution < 1.29 is 27.1 Å². The van der Waals surface area contributed by atoms with Crippen LogP contribution in [0.15, 0.2) is 47.4 Å². The third-order valence-corrected chi connectivity index (χ3v) is 6.52. The number of rotatable bonds is 11. The van der Waals surface area contributed by atoms with Crippen molar-refractivity contribution in [1.29, 1.82) is 0 Å². The van der Waals surface area contributed by atoms with E-state index < -0.39 is 27.8 Å². The van der Waals surface area contributed by atoms with E-state index in [2.05, 4.69) is 10.0 Å². The number of hydrogen-bond acceptors (Lipinski definition) is 5. The molecular weight excluding hydrogens is 423 g/mol. The second-order valence-corrected chi connectivity index (χ2v) is 8.88. The van der Waals surface area contributed by atoms with E-state index in [1.54, 1.807) is 27.2 Å². The second kappa shape index (κ2) is 11.1. The second-order valence-electron chi connectivity index (χ2n) is 7.17. The molecule has 2 aromatic carbocycles. The highest BCUT2D eigenvalue weighted by molar-refractivity contribution is 7.89. The summed E-state index contributed by atoms with van der Waals surface area (Å²) in [5.41, 5.74) is 0.935. The van der Waals surface area contributed by atoms with Gasteiger partial charge < -0.3 is 14.8 Å². The molecule has 2 N–H and O–H groups in total. The number of halogens is 1. The summed E-state index contributed by atoms with van der Waals surface area (Å²) < 4.78 is 51.4. The van der Waals surface area contributed by atoms with Gasteiger partial charge in [-0.15, -0.1) is 0 Å². The number of methoxy groups -OCH3 is 2. The average molecular weight is 453 g/mol. The molecule has 1 amide bonds. The van der Waals surface area contributed by atoms with Crippen molar-refractivity contribution in [3.8, 4) is 11.5 Å². The largest absolute Gasteiger partial charge is 0.493 e. The number of amides is 1. The Balaban J connectivity index is 2.05. The summed E-state index contributed by atoms with van der Waals surface area (Å²) in [6, 6.07) is 9.00. The van der Waals surface area contributed by atoms with Gasteiger partial charge >= 0.3 is 0 Å². The number of carbonyl (C=O) groups excluding carboxylic acids is 1. The molecule has 2 rings (SSSR count). The first-order chi connectivity index (χ1) is 14.7. The maximum Gasteiger partial charge on any atom is 0.241 e. The van der Waals surface area contributed by atoms with Gasteiger partial charge in [0.2, 0.25) is 15.9 Å². The molecule has 2 aromatic rings. The third kappa shape index (κ3) is 6.67. The Labute approximate surface area is 183 Å². The normalized spacial score (nSPS) is 13.3. The van der Waals surface area contributed by atoms with Crippen LogP contribution in [-0.4, -0.2) is 41.1 Å². The number of sulfonamides is 1. The fourth-order valence-electron chi connectivity index (χ4n) is 2.99. The molecule has 0 aliphatic heterocycles. The Bertz CT molecular complexity index is 980. The van der Waals surface area contributed by atoms with Crippen LogP contribution in [0.3, 0.4) is 0 Å². The molecule has 0 bridgehead atoms. The monoisotopic (exact) mass is 452 g/mol. The zero-order valence-electron chi connectivity index (χ0n) is 18.1. The van der Waals surface area contributed by atoms with E-state index in [1.807, 2.05) is 19.1 Å². The maximum absolute atomic E-state index is 13.1. The summed E-state index contributed by atoms with van der Waals surface area (Å²) >= 11 is 0. The van der Waals surface area contributed by atoms with Gasteiger partial charge in [0.1, 0.15) is 11.9 Å². The van der Waals surface area contributed by atoms with E-state index in [-0.39, 0.29) is 10.8 Å². The molecule has 0 aliphatic rings. The Kier molecular flexibility index (Phi) is 8.82. The Morgan fingerprint density at radius 1 is 1.06 bits per heavy atom. The Morgan fingerprint density at radius 2 is 1.71 bits per heavy atom. The summed E-state index contributed by atoms with van der Waals surface area (Å²) in [6.45, 7) is 3.99. The van der Waals surface area contributed by atoms with Gasteiger partial charge in [0.05, 0.1) is 19.1 Å². The van der Waals surface area contributed by atoms with Crippen LogP contribution in [0.2, 0.25) is 0 Å². The Hall–Kier alpha value is -2.65. The van der Waals surface area contributed by atoms with Gasteiger partial charge in [-0.2, -0.15) is 4.72 Å². The lowest BCUT2D eigenvalue weighted by Crippen LogP contribution is -2.50. The summed E-state index contributed by atoms with van der Waals surface area (Å²) in [5.74, 6) is 0.0142. The van der Waals surface area contributed by atoms with Crippen molar-refractivity contribution in [2.75, 3.05) is 20.8 Å². The van der Waals surface area contributed by atoms with Crippen LogP contribution in [-0.2, 0) is 21.2 Å².